The maximum absolute atomic E-state index is 11.3. The van der Waals surface area contributed by atoms with E-state index in [1.165, 1.54) is 30.2 Å². The number of thiocarbonyl (C=S) groups is 6. The van der Waals surface area contributed by atoms with E-state index in [4.69, 9.17) is 78.3 Å². The topological polar surface area (TPSA) is 208 Å². The number of benzene rings is 8. The Morgan fingerprint density at radius 2 is 0.730 bits per heavy atom. The number of H-pyrrole nitrogens is 1. The molecule has 7 N–H and O–H groups in total. The largest absolute Gasteiger partial charge is 0.367 e. The van der Waals surface area contributed by atoms with Crippen molar-refractivity contribution in [2.75, 3.05) is 13.1 Å². The molecule has 0 aliphatic carbocycles. The van der Waals surface area contributed by atoms with Crippen LogP contribution in [-0.4, -0.2) is 129 Å². The van der Waals surface area contributed by atoms with E-state index in [0.717, 1.165) is 161 Å². The number of fused-ring (bicyclic) bond motifs is 2. The van der Waals surface area contributed by atoms with E-state index < -0.39 is 34.3 Å². The second-order valence-corrected chi connectivity index (χ2v) is 35.3. The Labute approximate surface area is 773 Å². The van der Waals surface area contributed by atoms with Gasteiger partial charge in [0.25, 0.3) is 0 Å². The Balaban J connectivity index is 0.000000130. The molecule has 6 unspecified atom stereocenters. The summed E-state index contributed by atoms with van der Waals surface area (Å²) in [6.07, 6.45) is 24.8. The normalized spacial score (nSPS) is 22.2. The fourth-order valence-electron chi connectivity index (χ4n) is 17.5. The third-order valence-electron chi connectivity index (χ3n) is 24.4. The molecule has 7 aliphatic heterocycles. The van der Waals surface area contributed by atoms with Crippen LogP contribution in [0.4, 0.5) is 5.69 Å². The van der Waals surface area contributed by atoms with Gasteiger partial charge in [0, 0.05) is 191 Å². The number of hydrogen-bond acceptors (Lipinski definition) is 16. The van der Waals surface area contributed by atoms with E-state index in [9.17, 15) is 30.6 Å². The molecule has 6 fully saturated rings. The van der Waals surface area contributed by atoms with Gasteiger partial charge in [-0.2, -0.15) is 0 Å². The van der Waals surface area contributed by atoms with Crippen molar-refractivity contribution in [1.29, 1.82) is 0 Å². The first-order chi connectivity index (χ1) is 60.6. The van der Waals surface area contributed by atoms with Crippen LogP contribution in [0.3, 0.4) is 0 Å². The molecular weight excluding hydrogens is 1680 g/mol. The van der Waals surface area contributed by atoms with Crippen LogP contribution in [-0.2, 0) is 66.9 Å². The fourth-order valence-corrected chi connectivity index (χ4v) is 19.5. The lowest BCUT2D eigenvalue weighted by Crippen LogP contribution is -2.45. The average Bonchev–Trinajstić information content (AvgIpc) is 1.36. The number of aromatic nitrogens is 4. The fraction of sp³-hybridized carbons (Fsp3) is 0.301. The zero-order chi connectivity index (χ0) is 87.4. The van der Waals surface area contributed by atoms with E-state index in [2.05, 4.69) is 57.2 Å². The second kappa shape index (κ2) is 42.9. The zero-order valence-electron chi connectivity index (χ0n) is 70.3. The summed E-state index contributed by atoms with van der Waals surface area (Å²) in [6, 6.07) is 88.9. The first-order valence-corrected chi connectivity index (χ1v) is 45.4. The third-order valence-corrected chi connectivity index (χ3v) is 27.0. The molecule has 8 aromatic carbocycles. The molecule has 7 aliphatic rings. The van der Waals surface area contributed by atoms with Crippen LogP contribution < -0.4 is 0 Å². The molecule has 0 saturated carbocycles. The highest BCUT2D eigenvalue weighted by Crippen LogP contribution is 2.45. The molecule has 0 amide bonds. The quantitative estimate of drug-likeness (QED) is 0.0264. The Hall–Kier alpha value is -10.5. The molecule has 6 atom stereocenters. The summed E-state index contributed by atoms with van der Waals surface area (Å²) in [5.74, 6) is 0. The van der Waals surface area contributed by atoms with Gasteiger partial charge in [0.15, 0.2) is 34.3 Å². The van der Waals surface area contributed by atoms with Gasteiger partial charge in [-0.15, -0.1) is 0 Å². The number of aliphatic imine (C=N–C) groups is 1. The smallest absolute Gasteiger partial charge is 0.165 e. The van der Waals surface area contributed by atoms with Crippen LogP contribution in [0.15, 0.2) is 315 Å². The monoisotopic (exact) mass is 1790 g/mol. The molecule has 0 spiro atoms. The van der Waals surface area contributed by atoms with Gasteiger partial charge in [0.2, 0.25) is 0 Å². The predicted molar refractivity (Wildman–Crippen MR) is 528 cm³/mol. The number of rotatable bonds is 21. The first kappa shape index (κ1) is 93.2. The minimum absolute atomic E-state index is 0. The van der Waals surface area contributed by atoms with Crippen LogP contribution in [0.2, 0.25) is 0 Å². The summed E-state index contributed by atoms with van der Waals surface area (Å²) >= 11 is 32.8. The molecule has 23 heteroatoms. The van der Waals surface area contributed by atoms with E-state index in [1.807, 2.05) is 284 Å². The highest BCUT2D eigenvalue weighted by Gasteiger charge is 2.49. The standard InChI is InChI=1S/2C19H18N2OS.3C16H16N2OS.C16H23NOS.CH4/c22-19(15-7-2-1-3-8-15)11-10-18(23)21(19)13-16-12-14-6-4-5-9-17(14)20-16;22-19(16-4-2-1-3-5-16)10-8-18(23)21(19)13-14-6-7-17-15(12-14)9-11-20-17;19-16(14-6-2-1-3-7-14)9-8-15(20)18(16)12-13-5-4-10-17-11-13;19-16(13-6-2-1-3-7-13)10-9-15(20)18(16)12-14-8-4-5-11-17-14;19-16(14-4-2-1-3-5-14)9-6-15(20)18(16)12-13-7-10-17-11-8-13;1-2-3-4-8-13-17-15(19)11-12-16(17,18)14-9-6-5-7-10-14;/h1-9,22H,10-13H2;1-7,9,11-12,20,22H,8,10,13H2;1-7,10-11,19H,8-9,12H2;1-8,11,19H,9-10,12H2;1-5,7-8,10-11,19H,6,9,12H2;5-7,9-10,18H,2-4,8,11-13H2,1H3;1H4. The van der Waals surface area contributed by atoms with Gasteiger partial charge in [-0.3, -0.25) is 19.9 Å². The lowest BCUT2D eigenvalue weighted by Gasteiger charge is -2.35. The average molecular weight is 1790 g/mol. The highest BCUT2D eigenvalue weighted by molar-refractivity contribution is 7.81. The minimum Gasteiger partial charge on any atom is -0.367 e. The number of aromatic amines is 1. The van der Waals surface area contributed by atoms with E-state index in [1.54, 1.807) is 24.8 Å². The summed E-state index contributed by atoms with van der Waals surface area (Å²) < 4.78 is 0. The predicted octanol–water partition coefficient (Wildman–Crippen LogP) is 20.5. The Morgan fingerprint density at radius 1 is 0.341 bits per heavy atom. The third kappa shape index (κ3) is 21.7. The minimum atomic E-state index is -1.02. The van der Waals surface area contributed by atoms with E-state index in [0.29, 0.717) is 71.2 Å². The van der Waals surface area contributed by atoms with E-state index in [-0.39, 0.29) is 7.43 Å². The van der Waals surface area contributed by atoms with Crippen molar-refractivity contribution in [2.45, 2.75) is 184 Å². The lowest BCUT2D eigenvalue weighted by molar-refractivity contribution is -0.0684. The molecule has 650 valence electrons. The Kier molecular flexibility index (Phi) is 31.7. The Bertz CT molecular complexity index is 5390. The molecule has 19 rings (SSSR count). The molecule has 6 saturated heterocycles. The SMILES string of the molecule is C.CCCCCCN1C(=S)CCC1(O)c1ccccc1.OC1(c2ccccc2)CCC(=S)N1CC1=Nc2ccccc2C1.OC1(c2ccccc2)CCC(=S)N1Cc1ccc2[nH]ccc2c1.OC1(c2ccccc2)CCC(=S)N1Cc1ccccn1.OC1(c2ccccc2)CCC(=S)N1Cc1cccnc1.OC1(c2ccccc2)CCC(=S)N1Cc1ccncc1. The summed E-state index contributed by atoms with van der Waals surface area (Å²) in [7, 11) is 0. The summed E-state index contributed by atoms with van der Waals surface area (Å²) in [5, 5.41) is 67.9. The molecule has 0 bridgehead atoms. The highest BCUT2D eigenvalue weighted by atomic mass is 32.1. The van der Waals surface area contributed by atoms with Crippen molar-refractivity contribution in [3.8, 4) is 0 Å². The zero-order valence-corrected chi connectivity index (χ0v) is 75.2. The number of unbranched alkanes of at least 4 members (excludes halogenated alkanes) is 3. The first-order valence-electron chi connectivity index (χ1n) is 43.0. The van der Waals surface area contributed by atoms with Crippen LogP contribution in [0.5, 0.6) is 0 Å². The number of likely N-dealkylation sites (tertiary alicyclic amines) is 6. The van der Waals surface area contributed by atoms with Crippen molar-refractivity contribution in [3.63, 3.8) is 0 Å². The van der Waals surface area contributed by atoms with Crippen molar-refractivity contribution < 1.29 is 30.6 Å². The molecule has 4 aromatic heterocycles. The maximum atomic E-state index is 11.3. The van der Waals surface area contributed by atoms with Crippen molar-refractivity contribution >= 4 is 126 Å². The number of para-hydroxylation sites is 1. The number of hydrogen-bond donors (Lipinski definition) is 7. The van der Waals surface area contributed by atoms with Gasteiger partial charge in [-0.25, -0.2) is 0 Å². The number of pyridine rings is 3. The molecule has 17 nitrogen and oxygen atoms in total. The Morgan fingerprint density at radius 3 is 1.14 bits per heavy atom. The second-order valence-electron chi connectivity index (χ2n) is 32.5. The van der Waals surface area contributed by atoms with Gasteiger partial charge >= 0.3 is 0 Å². The van der Waals surface area contributed by atoms with Crippen LogP contribution in [0.25, 0.3) is 10.9 Å². The van der Waals surface area contributed by atoms with Crippen molar-refractivity contribution in [3.05, 3.63) is 371 Å². The molecule has 126 heavy (non-hydrogen) atoms. The van der Waals surface area contributed by atoms with Crippen LogP contribution in [0.1, 0.15) is 178 Å². The van der Waals surface area contributed by atoms with Crippen molar-refractivity contribution in [1.82, 2.24) is 49.3 Å². The van der Waals surface area contributed by atoms with E-state index >= 15 is 0 Å². The summed E-state index contributed by atoms with van der Waals surface area (Å²) in [5.41, 5.74) is 8.17. The number of nitrogens with one attached hydrogen (secondary N) is 1. The van der Waals surface area contributed by atoms with Crippen LogP contribution in [0, 0.1) is 0 Å². The van der Waals surface area contributed by atoms with Crippen molar-refractivity contribution in [2.24, 2.45) is 4.99 Å². The van der Waals surface area contributed by atoms with Crippen LogP contribution >= 0.6 is 73.3 Å². The maximum Gasteiger partial charge on any atom is 0.165 e. The molecular formula is C103H111N11O6S6. The molecule has 11 heterocycles. The van der Waals surface area contributed by atoms with Gasteiger partial charge in [-0.1, -0.05) is 325 Å². The summed E-state index contributed by atoms with van der Waals surface area (Å²) in [6.45, 7) is 5.99. The summed E-state index contributed by atoms with van der Waals surface area (Å²) in [4.78, 5) is 37.0. The molecule has 12 aromatic rings. The number of aliphatic hydroxyl groups is 6. The molecule has 0 radical (unpaired) electrons. The lowest BCUT2D eigenvalue weighted by atomic mass is 9.99. The van der Waals surface area contributed by atoms with Gasteiger partial charge in [0.1, 0.15) is 0 Å². The number of nitrogens with zero attached hydrogens (tertiary/aromatic N) is 10. The van der Waals surface area contributed by atoms with Gasteiger partial charge < -0.3 is 65.0 Å². The van der Waals surface area contributed by atoms with Gasteiger partial charge in [0.05, 0.1) is 54.4 Å². The van der Waals surface area contributed by atoms with Gasteiger partial charge in [-0.05, 0) is 88.7 Å².